The smallest absolute Gasteiger partial charge is 0.311 e. The maximum absolute atomic E-state index is 12.7. The first kappa shape index (κ1) is 20.1. The summed E-state index contributed by atoms with van der Waals surface area (Å²) in [4.78, 5) is 29.7. The van der Waals surface area contributed by atoms with Gasteiger partial charge < -0.3 is 15.0 Å². The normalized spacial score (nSPS) is 36.6. The van der Waals surface area contributed by atoms with E-state index in [0.29, 0.717) is 36.9 Å². The highest BCUT2D eigenvalue weighted by atomic mass is 16.5. The third-order valence-corrected chi connectivity index (χ3v) is 7.99. The summed E-state index contributed by atoms with van der Waals surface area (Å²) in [5, 5.41) is 3.47. The highest BCUT2D eigenvalue weighted by Crippen LogP contribution is 2.54. The van der Waals surface area contributed by atoms with Crippen LogP contribution >= 0.6 is 0 Å². The Morgan fingerprint density at radius 2 is 1.89 bits per heavy atom. The summed E-state index contributed by atoms with van der Waals surface area (Å²) in [6.45, 7) is 9.38. The molecule has 1 amide bonds. The lowest BCUT2D eigenvalue weighted by Gasteiger charge is -2.56. The Balaban J connectivity index is 1.37. The van der Waals surface area contributed by atoms with Gasteiger partial charge in [-0.1, -0.05) is 6.92 Å². The van der Waals surface area contributed by atoms with E-state index in [2.05, 4.69) is 15.1 Å². The van der Waals surface area contributed by atoms with Gasteiger partial charge in [-0.15, -0.1) is 0 Å². The molecule has 0 aromatic heterocycles. The van der Waals surface area contributed by atoms with E-state index in [0.717, 1.165) is 64.8 Å². The Labute approximate surface area is 169 Å². The molecule has 1 spiro atoms. The molecule has 4 rings (SSSR count). The average molecular weight is 392 g/mol. The maximum Gasteiger partial charge on any atom is 0.311 e. The number of nitrogens with one attached hydrogen (secondary N) is 1. The van der Waals surface area contributed by atoms with E-state index in [1.54, 1.807) is 0 Å². The van der Waals surface area contributed by atoms with Gasteiger partial charge in [-0.05, 0) is 71.0 Å². The predicted octanol–water partition coefficient (Wildman–Crippen LogP) is 2.03. The topological polar surface area (TPSA) is 61.9 Å². The Bertz CT molecular complexity index is 582. The van der Waals surface area contributed by atoms with Gasteiger partial charge in [0, 0.05) is 37.0 Å². The number of ether oxygens (including phenoxy) is 1. The summed E-state index contributed by atoms with van der Waals surface area (Å²) in [7, 11) is 0. The fraction of sp³-hybridized carbons (Fsp3) is 0.909. The van der Waals surface area contributed by atoms with Crippen LogP contribution in [0.3, 0.4) is 0 Å². The second kappa shape index (κ2) is 8.31. The van der Waals surface area contributed by atoms with E-state index in [1.165, 1.54) is 6.42 Å². The molecule has 4 aliphatic rings. The minimum Gasteiger partial charge on any atom is -0.466 e. The predicted molar refractivity (Wildman–Crippen MR) is 108 cm³/mol. The molecule has 4 unspecified atom stereocenters. The molecule has 3 aliphatic heterocycles. The zero-order valence-electron chi connectivity index (χ0n) is 17.6. The summed E-state index contributed by atoms with van der Waals surface area (Å²) in [6.07, 6.45) is 7.46. The van der Waals surface area contributed by atoms with Crippen molar-refractivity contribution >= 4 is 11.9 Å². The number of amides is 1. The van der Waals surface area contributed by atoms with Crippen LogP contribution in [0, 0.1) is 17.3 Å². The lowest BCUT2D eigenvalue weighted by molar-refractivity contribution is -0.171. The van der Waals surface area contributed by atoms with E-state index in [9.17, 15) is 9.59 Å². The van der Waals surface area contributed by atoms with Crippen LogP contribution in [0.5, 0.6) is 0 Å². The van der Waals surface area contributed by atoms with Crippen LogP contribution in [-0.4, -0.2) is 73.1 Å². The van der Waals surface area contributed by atoms with E-state index >= 15 is 0 Å². The number of hydrogen-bond acceptors (Lipinski definition) is 5. The SMILES string of the molecule is CCOC(=O)C1C(N2CCC(C3CCCN3C(=O)CC)CC2)CC12CCNC2. The van der Waals surface area contributed by atoms with Crippen molar-refractivity contribution in [1.82, 2.24) is 15.1 Å². The van der Waals surface area contributed by atoms with Crippen molar-refractivity contribution in [1.29, 1.82) is 0 Å². The van der Waals surface area contributed by atoms with E-state index in [4.69, 9.17) is 4.74 Å². The van der Waals surface area contributed by atoms with Crippen LogP contribution < -0.4 is 5.32 Å². The number of carbonyl (C=O) groups is 2. The van der Waals surface area contributed by atoms with Gasteiger partial charge in [0.2, 0.25) is 5.91 Å². The molecule has 4 atom stereocenters. The third kappa shape index (κ3) is 3.47. The van der Waals surface area contributed by atoms with Crippen LogP contribution in [0.4, 0.5) is 0 Å². The number of rotatable bonds is 5. The summed E-state index contributed by atoms with van der Waals surface area (Å²) in [6, 6.07) is 0.791. The molecule has 6 heteroatoms. The number of hydrogen-bond donors (Lipinski definition) is 1. The molecule has 1 aliphatic carbocycles. The highest BCUT2D eigenvalue weighted by molar-refractivity contribution is 5.77. The van der Waals surface area contributed by atoms with Crippen molar-refractivity contribution in [2.24, 2.45) is 17.3 Å². The zero-order chi connectivity index (χ0) is 19.7. The quantitative estimate of drug-likeness (QED) is 0.727. The summed E-state index contributed by atoms with van der Waals surface area (Å²) in [5.41, 5.74) is 0.129. The van der Waals surface area contributed by atoms with E-state index < -0.39 is 0 Å². The van der Waals surface area contributed by atoms with E-state index in [-0.39, 0.29) is 17.3 Å². The lowest BCUT2D eigenvalue weighted by atomic mass is 9.55. The molecule has 158 valence electrons. The van der Waals surface area contributed by atoms with Gasteiger partial charge >= 0.3 is 5.97 Å². The van der Waals surface area contributed by atoms with Crippen LogP contribution in [0.2, 0.25) is 0 Å². The Morgan fingerprint density at radius 3 is 2.54 bits per heavy atom. The molecular weight excluding hydrogens is 354 g/mol. The second-order valence-electron chi connectivity index (χ2n) is 9.31. The molecule has 4 fully saturated rings. The fourth-order valence-electron chi connectivity index (χ4n) is 6.52. The number of likely N-dealkylation sites (tertiary alicyclic amines) is 2. The molecule has 28 heavy (non-hydrogen) atoms. The molecule has 0 radical (unpaired) electrons. The van der Waals surface area contributed by atoms with Gasteiger partial charge in [0.25, 0.3) is 0 Å². The average Bonchev–Trinajstić information content (AvgIpc) is 3.37. The Hall–Kier alpha value is -1.14. The van der Waals surface area contributed by atoms with Crippen LogP contribution in [0.1, 0.15) is 58.8 Å². The molecule has 0 bridgehead atoms. The molecule has 0 aromatic rings. The van der Waals surface area contributed by atoms with Crippen molar-refractivity contribution in [3.8, 4) is 0 Å². The first-order valence-corrected chi connectivity index (χ1v) is 11.5. The van der Waals surface area contributed by atoms with Crippen LogP contribution in [0.15, 0.2) is 0 Å². The number of esters is 1. The summed E-state index contributed by atoms with van der Waals surface area (Å²) >= 11 is 0. The third-order valence-electron chi connectivity index (χ3n) is 7.99. The highest BCUT2D eigenvalue weighted by Gasteiger charge is 2.60. The van der Waals surface area contributed by atoms with Crippen molar-refractivity contribution in [2.75, 3.05) is 39.3 Å². The minimum absolute atomic E-state index is 0.0140. The standard InChI is InChI=1S/C22H37N3O3/c1-3-19(26)25-11-5-6-17(25)16-7-12-24(13-8-16)18-14-22(9-10-23-15-22)20(18)21(27)28-4-2/h16-18,20,23H,3-15H2,1-2H3. The van der Waals surface area contributed by atoms with Gasteiger partial charge in [0.15, 0.2) is 0 Å². The number of piperidine rings is 1. The molecule has 3 saturated heterocycles. The van der Waals surface area contributed by atoms with Crippen molar-refractivity contribution in [3.63, 3.8) is 0 Å². The lowest BCUT2D eigenvalue weighted by Crippen LogP contribution is -2.64. The van der Waals surface area contributed by atoms with Gasteiger partial charge in [-0.25, -0.2) is 0 Å². The van der Waals surface area contributed by atoms with Gasteiger partial charge in [-0.2, -0.15) is 0 Å². The Kier molecular flexibility index (Phi) is 5.98. The molecule has 0 aromatic carbocycles. The molecule has 6 nitrogen and oxygen atoms in total. The maximum atomic E-state index is 12.7. The van der Waals surface area contributed by atoms with Gasteiger partial charge in [-0.3, -0.25) is 14.5 Å². The summed E-state index contributed by atoms with van der Waals surface area (Å²) in [5.74, 6) is 0.989. The molecule has 3 heterocycles. The minimum atomic E-state index is 0.0140. The molecular formula is C22H37N3O3. The first-order chi connectivity index (χ1) is 13.6. The largest absolute Gasteiger partial charge is 0.466 e. The Morgan fingerprint density at radius 1 is 1.11 bits per heavy atom. The molecule has 1 saturated carbocycles. The van der Waals surface area contributed by atoms with Crippen molar-refractivity contribution in [2.45, 2.75) is 70.9 Å². The zero-order valence-corrected chi connectivity index (χ0v) is 17.6. The number of nitrogens with zero attached hydrogens (tertiary/aromatic N) is 2. The number of carbonyl (C=O) groups excluding carboxylic acids is 2. The van der Waals surface area contributed by atoms with Crippen LogP contribution in [0.25, 0.3) is 0 Å². The van der Waals surface area contributed by atoms with E-state index in [1.807, 2.05) is 13.8 Å². The first-order valence-electron chi connectivity index (χ1n) is 11.5. The van der Waals surface area contributed by atoms with Crippen molar-refractivity contribution < 1.29 is 14.3 Å². The van der Waals surface area contributed by atoms with Crippen LogP contribution in [-0.2, 0) is 14.3 Å². The fourth-order valence-corrected chi connectivity index (χ4v) is 6.52. The van der Waals surface area contributed by atoms with Gasteiger partial charge in [0.05, 0.1) is 12.5 Å². The van der Waals surface area contributed by atoms with Gasteiger partial charge in [0.1, 0.15) is 0 Å². The van der Waals surface area contributed by atoms with Crippen molar-refractivity contribution in [3.05, 3.63) is 0 Å². The molecule has 1 N–H and O–H groups in total. The second-order valence-corrected chi connectivity index (χ2v) is 9.31. The summed E-state index contributed by atoms with van der Waals surface area (Å²) < 4.78 is 5.47. The monoisotopic (exact) mass is 391 g/mol.